The minimum absolute atomic E-state index is 0.0984. The van der Waals surface area contributed by atoms with Gasteiger partial charge in [0.1, 0.15) is 5.82 Å². The SMILES string of the molecule is CCC(C)NC(=O)CCNC(=O)NCc1ccccc1F. The second-order valence-electron chi connectivity index (χ2n) is 4.83. The molecule has 1 rings (SSSR count). The van der Waals surface area contributed by atoms with Crippen molar-refractivity contribution in [1.82, 2.24) is 16.0 Å². The van der Waals surface area contributed by atoms with Crippen molar-refractivity contribution in [3.63, 3.8) is 0 Å². The molecule has 0 spiro atoms. The minimum atomic E-state index is -0.422. The lowest BCUT2D eigenvalue weighted by Crippen LogP contribution is -2.39. The van der Waals surface area contributed by atoms with Crippen LogP contribution in [0.1, 0.15) is 32.3 Å². The number of carbonyl (C=O) groups excluding carboxylic acids is 2. The van der Waals surface area contributed by atoms with Crippen molar-refractivity contribution in [3.8, 4) is 0 Å². The molecule has 0 bridgehead atoms. The van der Waals surface area contributed by atoms with E-state index in [0.29, 0.717) is 5.56 Å². The number of hydrogen-bond donors (Lipinski definition) is 3. The first-order valence-electron chi connectivity index (χ1n) is 7.07. The van der Waals surface area contributed by atoms with E-state index in [-0.39, 0.29) is 37.3 Å². The molecule has 0 aliphatic carbocycles. The zero-order valence-electron chi connectivity index (χ0n) is 12.4. The Morgan fingerprint density at radius 1 is 1.24 bits per heavy atom. The summed E-state index contributed by atoms with van der Waals surface area (Å²) in [5.41, 5.74) is 0.419. The molecule has 0 saturated heterocycles. The molecule has 21 heavy (non-hydrogen) atoms. The van der Waals surface area contributed by atoms with Gasteiger partial charge in [0.25, 0.3) is 0 Å². The minimum Gasteiger partial charge on any atom is -0.354 e. The Labute approximate surface area is 124 Å². The highest BCUT2D eigenvalue weighted by atomic mass is 19.1. The van der Waals surface area contributed by atoms with Crippen LogP contribution in [0.2, 0.25) is 0 Å². The lowest BCUT2D eigenvalue weighted by molar-refractivity contribution is -0.121. The van der Waals surface area contributed by atoms with Crippen LogP contribution < -0.4 is 16.0 Å². The predicted octanol–water partition coefficient (Wildman–Crippen LogP) is 1.93. The molecular weight excluding hydrogens is 273 g/mol. The summed E-state index contributed by atoms with van der Waals surface area (Å²) < 4.78 is 13.3. The summed E-state index contributed by atoms with van der Waals surface area (Å²) in [6.07, 6.45) is 1.08. The molecule has 0 heterocycles. The number of nitrogens with one attached hydrogen (secondary N) is 3. The molecule has 1 unspecified atom stereocenters. The number of amides is 3. The monoisotopic (exact) mass is 295 g/mol. The molecule has 0 aliphatic heterocycles. The normalized spacial score (nSPS) is 11.6. The Kier molecular flexibility index (Phi) is 7.21. The fourth-order valence-electron chi connectivity index (χ4n) is 1.62. The van der Waals surface area contributed by atoms with Gasteiger partial charge in [-0.25, -0.2) is 9.18 Å². The first-order chi connectivity index (χ1) is 10.0. The van der Waals surface area contributed by atoms with Crippen LogP contribution in [0, 0.1) is 5.82 Å². The van der Waals surface area contributed by atoms with E-state index < -0.39 is 6.03 Å². The molecule has 0 radical (unpaired) electrons. The first-order valence-corrected chi connectivity index (χ1v) is 7.07. The fraction of sp³-hybridized carbons (Fsp3) is 0.467. The Hall–Kier alpha value is -2.11. The highest BCUT2D eigenvalue weighted by Crippen LogP contribution is 2.05. The van der Waals surface area contributed by atoms with Crippen LogP contribution >= 0.6 is 0 Å². The van der Waals surface area contributed by atoms with E-state index in [1.807, 2.05) is 13.8 Å². The van der Waals surface area contributed by atoms with Crippen molar-refractivity contribution in [2.24, 2.45) is 0 Å². The number of benzene rings is 1. The zero-order valence-corrected chi connectivity index (χ0v) is 12.4. The summed E-state index contributed by atoms with van der Waals surface area (Å²) in [5, 5.41) is 7.91. The van der Waals surface area contributed by atoms with Gasteiger partial charge >= 0.3 is 6.03 Å². The summed E-state index contributed by atoms with van der Waals surface area (Å²) in [5.74, 6) is -0.454. The van der Waals surface area contributed by atoms with Crippen molar-refractivity contribution in [3.05, 3.63) is 35.6 Å². The Morgan fingerprint density at radius 2 is 1.95 bits per heavy atom. The fourth-order valence-corrected chi connectivity index (χ4v) is 1.62. The van der Waals surface area contributed by atoms with E-state index in [0.717, 1.165) is 6.42 Å². The molecule has 0 aliphatic rings. The summed E-state index contributed by atoms with van der Waals surface area (Å²) in [4.78, 5) is 23.0. The lowest BCUT2D eigenvalue weighted by Gasteiger charge is -2.12. The highest BCUT2D eigenvalue weighted by molar-refractivity contribution is 5.78. The van der Waals surface area contributed by atoms with Gasteiger partial charge in [-0.05, 0) is 19.4 Å². The van der Waals surface area contributed by atoms with Gasteiger partial charge in [-0.15, -0.1) is 0 Å². The molecule has 5 nitrogen and oxygen atoms in total. The van der Waals surface area contributed by atoms with Crippen molar-refractivity contribution < 1.29 is 14.0 Å². The maximum absolute atomic E-state index is 13.3. The van der Waals surface area contributed by atoms with Crippen LogP contribution in [0.4, 0.5) is 9.18 Å². The summed E-state index contributed by atoms with van der Waals surface area (Å²) in [6, 6.07) is 5.96. The van der Waals surface area contributed by atoms with E-state index in [2.05, 4.69) is 16.0 Å². The molecule has 1 aromatic carbocycles. The van der Waals surface area contributed by atoms with E-state index >= 15 is 0 Å². The van der Waals surface area contributed by atoms with Gasteiger partial charge in [-0.3, -0.25) is 4.79 Å². The molecule has 1 aromatic rings. The second kappa shape index (κ2) is 8.94. The zero-order chi connectivity index (χ0) is 15.7. The summed E-state index contributed by atoms with van der Waals surface area (Å²) in [7, 11) is 0. The van der Waals surface area contributed by atoms with Gasteiger partial charge in [0.15, 0.2) is 0 Å². The largest absolute Gasteiger partial charge is 0.354 e. The number of halogens is 1. The van der Waals surface area contributed by atoms with Crippen molar-refractivity contribution in [2.75, 3.05) is 6.54 Å². The van der Waals surface area contributed by atoms with Crippen LogP contribution in [0.3, 0.4) is 0 Å². The number of rotatable bonds is 7. The van der Waals surface area contributed by atoms with E-state index in [1.165, 1.54) is 6.07 Å². The molecule has 116 valence electrons. The average molecular weight is 295 g/mol. The molecule has 1 atom stereocenters. The van der Waals surface area contributed by atoms with Crippen molar-refractivity contribution in [1.29, 1.82) is 0 Å². The molecule has 3 amide bonds. The molecule has 3 N–H and O–H groups in total. The van der Waals surface area contributed by atoms with E-state index in [9.17, 15) is 14.0 Å². The van der Waals surface area contributed by atoms with Gasteiger partial charge in [-0.1, -0.05) is 25.1 Å². The number of hydrogen-bond acceptors (Lipinski definition) is 2. The number of urea groups is 1. The quantitative estimate of drug-likeness (QED) is 0.719. The van der Waals surface area contributed by atoms with E-state index in [1.54, 1.807) is 18.2 Å². The first kappa shape index (κ1) is 16.9. The average Bonchev–Trinajstić information content (AvgIpc) is 2.46. The van der Waals surface area contributed by atoms with Crippen LogP contribution in [0.15, 0.2) is 24.3 Å². The molecular formula is C15H22FN3O2. The van der Waals surface area contributed by atoms with Gasteiger partial charge in [-0.2, -0.15) is 0 Å². The third kappa shape index (κ3) is 6.74. The van der Waals surface area contributed by atoms with E-state index in [4.69, 9.17) is 0 Å². The van der Waals surface area contributed by atoms with Gasteiger partial charge < -0.3 is 16.0 Å². The number of carbonyl (C=O) groups is 2. The topological polar surface area (TPSA) is 70.2 Å². The molecule has 6 heteroatoms. The predicted molar refractivity (Wildman–Crippen MR) is 79.2 cm³/mol. The standard InChI is InChI=1S/C15H22FN3O2/c1-3-11(2)19-14(20)8-9-17-15(21)18-10-12-6-4-5-7-13(12)16/h4-7,11H,3,8-10H2,1-2H3,(H,19,20)(H2,17,18,21). The Balaban J connectivity index is 2.20. The third-order valence-electron chi connectivity index (χ3n) is 3.05. The maximum atomic E-state index is 13.3. The van der Waals surface area contributed by atoms with Crippen molar-refractivity contribution >= 4 is 11.9 Å². The Bertz CT molecular complexity index is 480. The second-order valence-corrected chi connectivity index (χ2v) is 4.83. The van der Waals surface area contributed by atoms with Gasteiger partial charge in [0.05, 0.1) is 0 Å². The third-order valence-corrected chi connectivity index (χ3v) is 3.05. The van der Waals surface area contributed by atoms with Gasteiger partial charge in [0.2, 0.25) is 5.91 Å². The van der Waals surface area contributed by atoms with Crippen LogP contribution in [-0.2, 0) is 11.3 Å². The maximum Gasteiger partial charge on any atom is 0.315 e. The highest BCUT2D eigenvalue weighted by Gasteiger charge is 2.07. The van der Waals surface area contributed by atoms with Crippen LogP contribution in [0.5, 0.6) is 0 Å². The lowest BCUT2D eigenvalue weighted by atomic mass is 10.2. The molecule has 0 fully saturated rings. The molecule has 0 saturated carbocycles. The van der Waals surface area contributed by atoms with Crippen LogP contribution in [-0.4, -0.2) is 24.5 Å². The summed E-state index contributed by atoms with van der Waals surface area (Å²) in [6.45, 7) is 4.26. The summed E-state index contributed by atoms with van der Waals surface area (Å²) >= 11 is 0. The molecule has 0 aromatic heterocycles. The smallest absolute Gasteiger partial charge is 0.315 e. The Morgan fingerprint density at radius 3 is 2.62 bits per heavy atom. The van der Waals surface area contributed by atoms with Crippen LogP contribution in [0.25, 0.3) is 0 Å². The van der Waals surface area contributed by atoms with Crippen molar-refractivity contribution in [2.45, 2.75) is 39.3 Å². The van der Waals surface area contributed by atoms with Gasteiger partial charge in [0, 0.05) is 31.1 Å².